The summed E-state index contributed by atoms with van der Waals surface area (Å²) in [5, 5.41) is 5.19. The Kier molecular flexibility index (Phi) is 3.49. The third-order valence-electron chi connectivity index (χ3n) is 2.42. The molecule has 0 unspecified atom stereocenters. The van der Waals surface area contributed by atoms with Crippen molar-refractivity contribution in [2.45, 2.75) is 43.8 Å². The molecule has 1 aromatic rings. The largest absolute Gasteiger partial charge is 0.487 e. The lowest BCUT2D eigenvalue weighted by atomic mass is 10.3. The summed E-state index contributed by atoms with van der Waals surface area (Å²) < 4.78 is 34.3. The zero-order chi connectivity index (χ0) is 13.3. The Bertz CT molecular complexity index is 535. The minimum Gasteiger partial charge on any atom is -0.487 e. The molecule has 0 aliphatic heterocycles. The third-order valence-corrected chi connectivity index (χ3v) is 3.36. The van der Waals surface area contributed by atoms with Gasteiger partial charge in [-0.2, -0.15) is 0 Å². The smallest absolute Gasteiger partial charge is 0.241 e. The van der Waals surface area contributed by atoms with Crippen molar-refractivity contribution in [1.82, 2.24) is 0 Å². The molecule has 0 amide bonds. The maximum Gasteiger partial charge on any atom is 0.241 e. The molecule has 0 bridgehead atoms. The second kappa shape index (κ2) is 4.78. The summed E-state index contributed by atoms with van der Waals surface area (Å²) in [5.41, 5.74) is 0. The molecule has 1 aliphatic rings. The van der Waals surface area contributed by atoms with Crippen LogP contribution in [0.3, 0.4) is 0 Å². The predicted octanol–water partition coefficient (Wildman–Crippen LogP) is 1.66. The van der Waals surface area contributed by atoms with Gasteiger partial charge in [-0.05, 0) is 38.8 Å². The first kappa shape index (κ1) is 13.2. The van der Waals surface area contributed by atoms with Crippen molar-refractivity contribution in [3.63, 3.8) is 0 Å². The zero-order valence-electron chi connectivity index (χ0n) is 10.4. The first-order valence-electron chi connectivity index (χ1n) is 5.87. The number of para-hydroxylation sites is 1. The Morgan fingerprint density at radius 2 is 2.00 bits per heavy atom. The van der Waals surface area contributed by atoms with Crippen LogP contribution in [0.25, 0.3) is 0 Å². The van der Waals surface area contributed by atoms with Gasteiger partial charge in [0, 0.05) is 0 Å². The average molecular weight is 271 g/mol. The maximum atomic E-state index is 11.5. The fourth-order valence-corrected chi connectivity index (χ4v) is 2.21. The molecule has 1 fully saturated rings. The molecule has 0 heterocycles. The van der Waals surface area contributed by atoms with E-state index in [0.29, 0.717) is 5.75 Å². The summed E-state index contributed by atoms with van der Waals surface area (Å²) >= 11 is 0. The van der Waals surface area contributed by atoms with Crippen LogP contribution in [0.15, 0.2) is 23.1 Å². The SMILES string of the molecule is CC(C)Oc1cccc(S(N)(=O)=O)c1OC1CC1. The lowest BCUT2D eigenvalue weighted by Crippen LogP contribution is -2.16. The van der Waals surface area contributed by atoms with Gasteiger partial charge in [0.2, 0.25) is 10.0 Å². The first-order chi connectivity index (χ1) is 8.38. The highest BCUT2D eigenvalue weighted by molar-refractivity contribution is 7.89. The molecule has 1 saturated carbocycles. The monoisotopic (exact) mass is 271 g/mol. The number of hydrogen-bond acceptors (Lipinski definition) is 4. The number of hydrogen-bond donors (Lipinski definition) is 1. The van der Waals surface area contributed by atoms with Crippen LogP contribution in [-0.4, -0.2) is 20.6 Å². The molecule has 0 atom stereocenters. The average Bonchev–Trinajstić information content (AvgIpc) is 3.02. The molecular weight excluding hydrogens is 254 g/mol. The van der Waals surface area contributed by atoms with Gasteiger partial charge in [-0.3, -0.25) is 0 Å². The van der Waals surface area contributed by atoms with E-state index in [0.717, 1.165) is 12.8 Å². The van der Waals surface area contributed by atoms with E-state index in [1.807, 2.05) is 13.8 Å². The number of primary sulfonamides is 1. The molecule has 2 rings (SSSR count). The normalized spacial score (nSPS) is 15.8. The minimum atomic E-state index is -3.81. The van der Waals surface area contributed by atoms with Crippen LogP contribution >= 0.6 is 0 Å². The van der Waals surface area contributed by atoms with E-state index in [1.54, 1.807) is 12.1 Å². The highest BCUT2D eigenvalue weighted by atomic mass is 32.2. The van der Waals surface area contributed by atoms with Crippen molar-refractivity contribution in [2.24, 2.45) is 5.14 Å². The fourth-order valence-electron chi connectivity index (χ4n) is 1.54. The molecule has 0 aromatic heterocycles. The lowest BCUT2D eigenvalue weighted by Gasteiger charge is -2.17. The fraction of sp³-hybridized carbons (Fsp3) is 0.500. The number of nitrogens with two attached hydrogens (primary N) is 1. The minimum absolute atomic E-state index is 0.0208. The van der Waals surface area contributed by atoms with Crippen LogP contribution in [0, 0.1) is 0 Å². The predicted molar refractivity (Wildman–Crippen MR) is 67.2 cm³/mol. The van der Waals surface area contributed by atoms with Crippen molar-refractivity contribution in [3.05, 3.63) is 18.2 Å². The van der Waals surface area contributed by atoms with E-state index in [4.69, 9.17) is 14.6 Å². The van der Waals surface area contributed by atoms with Crippen molar-refractivity contribution in [1.29, 1.82) is 0 Å². The second-order valence-electron chi connectivity index (χ2n) is 4.61. The molecule has 1 aliphatic carbocycles. The zero-order valence-corrected chi connectivity index (χ0v) is 11.2. The lowest BCUT2D eigenvalue weighted by molar-refractivity contribution is 0.214. The topological polar surface area (TPSA) is 78.6 Å². The quantitative estimate of drug-likeness (QED) is 0.883. The molecule has 2 N–H and O–H groups in total. The van der Waals surface area contributed by atoms with E-state index in [9.17, 15) is 8.42 Å². The van der Waals surface area contributed by atoms with E-state index in [1.165, 1.54) is 6.07 Å². The van der Waals surface area contributed by atoms with Gasteiger partial charge >= 0.3 is 0 Å². The van der Waals surface area contributed by atoms with Crippen molar-refractivity contribution in [2.75, 3.05) is 0 Å². The van der Waals surface area contributed by atoms with Gasteiger partial charge < -0.3 is 9.47 Å². The van der Waals surface area contributed by atoms with Gasteiger partial charge in [0.1, 0.15) is 4.90 Å². The number of ether oxygens (including phenoxy) is 2. The summed E-state index contributed by atoms with van der Waals surface area (Å²) in [6.45, 7) is 3.73. The maximum absolute atomic E-state index is 11.5. The molecule has 0 spiro atoms. The van der Waals surface area contributed by atoms with Crippen LogP contribution in [0.5, 0.6) is 11.5 Å². The Hall–Kier alpha value is -1.27. The number of benzene rings is 1. The molecule has 0 radical (unpaired) electrons. The molecule has 100 valence electrons. The van der Waals surface area contributed by atoms with E-state index in [2.05, 4.69) is 0 Å². The van der Waals surface area contributed by atoms with E-state index >= 15 is 0 Å². The van der Waals surface area contributed by atoms with E-state index < -0.39 is 10.0 Å². The highest BCUT2D eigenvalue weighted by Crippen LogP contribution is 2.38. The summed E-state index contributed by atoms with van der Waals surface area (Å²) in [4.78, 5) is -0.0208. The summed E-state index contributed by atoms with van der Waals surface area (Å²) in [5.74, 6) is 0.652. The van der Waals surface area contributed by atoms with Gasteiger partial charge in [-0.15, -0.1) is 0 Å². The van der Waals surface area contributed by atoms with Crippen molar-refractivity contribution >= 4 is 10.0 Å². The molecule has 0 saturated heterocycles. The Labute approximate surface area is 107 Å². The summed E-state index contributed by atoms with van der Waals surface area (Å²) in [6, 6.07) is 4.71. The van der Waals surface area contributed by atoms with Crippen LogP contribution in [0.4, 0.5) is 0 Å². The summed E-state index contributed by atoms with van der Waals surface area (Å²) in [6.07, 6.45) is 1.87. The van der Waals surface area contributed by atoms with Crippen LogP contribution in [0.2, 0.25) is 0 Å². The van der Waals surface area contributed by atoms with Crippen LogP contribution in [-0.2, 0) is 10.0 Å². The number of sulfonamides is 1. The first-order valence-corrected chi connectivity index (χ1v) is 7.41. The van der Waals surface area contributed by atoms with Gasteiger partial charge in [-0.25, -0.2) is 13.6 Å². The Morgan fingerprint density at radius 1 is 1.33 bits per heavy atom. The van der Waals surface area contributed by atoms with Gasteiger partial charge in [0.25, 0.3) is 0 Å². The van der Waals surface area contributed by atoms with Gasteiger partial charge in [-0.1, -0.05) is 6.07 Å². The molecule has 5 nitrogen and oxygen atoms in total. The van der Waals surface area contributed by atoms with Gasteiger partial charge in [0.05, 0.1) is 12.2 Å². The van der Waals surface area contributed by atoms with E-state index in [-0.39, 0.29) is 22.9 Å². The molecular formula is C12H17NO4S. The standard InChI is InChI=1S/C12H17NO4S/c1-8(2)16-10-4-3-5-11(18(13,14)15)12(10)17-9-6-7-9/h3-5,8-9H,6-7H2,1-2H3,(H2,13,14,15). The van der Waals surface area contributed by atoms with Gasteiger partial charge in [0.15, 0.2) is 11.5 Å². The Balaban J connectivity index is 2.44. The third kappa shape index (κ3) is 3.14. The van der Waals surface area contributed by atoms with Crippen LogP contribution in [0.1, 0.15) is 26.7 Å². The number of rotatable bonds is 5. The molecule has 1 aromatic carbocycles. The molecule has 6 heteroatoms. The second-order valence-corrected chi connectivity index (χ2v) is 6.14. The summed E-state index contributed by atoms with van der Waals surface area (Å²) in [7, 11) is -3.81. The highest BCUT2D eigenvalue weighted by Gasteiger charge is 2.29. The van der Waals surface area contributed by atoms with Crippen molar-refractivity contribution in [3.8, 4) is 11.5 Å². The van der Waals surface area contributed by atoms with Crippen LogP contribution < -0.4 is 14.6 Å². The Morgan fingerprint density at radius 3 is 2.50 bits per heavy atom. The molecule has 18 heavy (non-hydrogen) atoms. The van der Waals surface area contributed by atoms with Crippen molar-refractivity contribution < 1.29 is 17.9 Å².